The van der Waals surface area contributed by atoms with Crippen LogP contribution in [0.1, 0.15) is 30.9 Å². The average Bonchev–Trinajstić information content (AvgIpc) is 3.22. The second-order valence-corrected chi connectivity index (χ2v) is 6.20. The van der Waals surface area contributed by atoms with E-state index in [1.807, 2.05) is 0 Å². The van der Waals surface area contributed by atoms with Crippen molar-refractivity contribution in [1.29, 1.82) is 0 Å². The molecule has 1 aromatic rings. The maximum Gasteiger partial charge on any atom is 0.0587 e. The molecule has 0 bridgehead atoms. The van der Waals surface area contributed by atoms with Crippen molar-refractivity contribution in [2.75, 3.05) is 26.8 Å². The number of hydrogen-bond donors (Lipinski definition) is 1. The summed E-state index contributed by atoms with van der Waals surface area (Å²) in [6.45, 7) is 7.50. The predicted molar refractivity (Wildman–Crippen MR) is 80.5 cm³/mol. The summed E-state index contributed by atoms with van der Waals surface area (Å²) in [6.07, 6.45) is 3.98. The highest BCUT2D eigenvalue weighted by Gasteiger charge is 2.41. The zero-order valence-electron chi connectivity index (χ0n) is 12.5. The molecule has 2 heteroatoms. The van der Waals surface area contributed by atoms with Crippen molar-refractivity contribution in [1.82, 2.24) is 5.32 Å². The summed E-state index contributed by atoms with van der Waals surface area (Å²) in [4.78, 5) is 0. The van der Waals surface area contributed by atoms with Crippen molar-refractivity contribution in [3.8, 4) is 0 Å². The SMILES string of the molecule is COCCNCC(C)(Cc1ccccc1C)C1CC1. The normalized spacial score (nSPS) is 18.3. The van der Waals surface area contributed by atoms with Gasteiger partial charge in [0.1, 0.15) is 0 Å². The first-order valence-corrected chi connectivity index (χ1v) is 7.40. The van der Waals surface area contributed by atoms with Crippen LogP contribution in [0.5, 0.6) is 0 Å². The van der Waals surface area contributed by atoms with E-state index in [0.717, 1.165) is 25.6 Å². The Morgan fingerprint density at radius 1 is 1.32 bits per heavy atom. The molecule has 0 saturated heterocycles. The molecule has 0 spiro atoms. The average molecular weight is 261 g/mol. The van der Waals surface area contributed by atoms with Gasteiger partial charge in [-0.2, -0.15) is 0 Å². The van der Waals surface area contributed by atoms with Crippen molar-refractivity contribution in [3.63, 3.8) is 0 Å². The highest BCUT2D eigenvalue weighted by molar-refractivity contribution is 5.27. The van der Waals surface area contributed by atoms with Gasteiger partial charge in [-0.25, -0.2) is 0 Å². The highest BCUT2D eigenvalue weighted by atomic mass is 16.5. The number of methoxy groups -OCH3 is 1. The lowest BCUT2D eigenvalue weighted by atomic mass is 9.78. The molecule has 106 valence electrons. The maximum atomic E-state index is 5.11. The topological polar surface area (TPSA) is 21.3 Å². The molecule has 1 aromatic carbocycles. The summed E-state index contributed by atoms with van der Waals surface area (Å²) >= 11 is 0. The summed E-state index contributed by atoms with van der Waals surface area (Å²) in [6, 6.07) is 8.80. The molecule has 1 aliphatic carbocycles. The number of benzene rings is 1. The smallest absolute Gasteiger partial charge is 0.0587 e. The first-order chi connectivity index (χ1) is 9.15. The van der Waals surface area contributed by atoms with Crippen molar-refractivity contribution in [2.24, 2.45) is 11.3 Å². The number of aryl methyl sites for hydroxylation is 1. The molecule has 2 nitrogen and oxygen atoms in total. The van der Waals surface area contributed by atoms with E-state index in [9.17, 15) is 0 Å². The second kappa shape index (κ2) is 6.53. The van der Waals surface area contributed by atoms with E-state index in [-0.39, 0.29) is 0 Å². The van der Waals surface area contributed by atoms with Crippen LogP contribution >= 0.6 is 0 Å². The van der Waals surface area contributed by atoms with Crippen LogP contribution in [0.25, 0.3) is 0 Å². The van der Waals surface area contributed by atoms with Crippen molar-refractivity contribution in [3.05, 3.63) is 35.4 Å². The van der Waals surface area contributed by atoms with Crippen LogP contribution in [-0.4, -0.2) is 26.8 Å². The molecule has 0 amide bonds. The van der Waals surface area contributed by atoms with Gasteiger partial charge in [-0.3, -0.25) is 0 Å². The lowest BCUT2D eigenvalue weighted by molar-refractivity contribution is 0.187. The zero-order valence-corrected chi connectivity index (χ0v) is 12.5. The Labute approximate surface area is 117 Å². The van der Waals surface area contributed by atoms with Crippen LogP contribution in [0.3, 0.4) is 0 Å². The van der Waals surface area contributed by atoms with E-state index in [4.69, 9.17) is 4.74 Å². The van der Waals surface area contributed by atoms with Crippen LogP contribution in [0.15, 0.2) is 24.3 Å². The Hall–Kier alpha value is -0.860. The van der Waals surface area contributed by atoms with Crippen LogP contribution < -0.4 is 5.32 Å². The number of ether oxygens (including phenoxy) is 1. The van der Waals surface area contributed by atoms with E-state index in [1.54, 1.807) is 7.11 Å². The molecule has 0 aromatic heterocycles. The standard InChI is InChI=1S/C17H27NO/c1-14-6-4-5-7-15(14)12-17(2,16-8-9-16)13-18-10-11-19-3/h4-7,16,18H,8-13H2,1-3H3. The maximum absolute atomic E-state index is 5.11. The Morgan fingerprint density at radius 2 is 2.05 bits per heavy atom. The lowest BCUT2D eigenvalue weighted by Gasteiger charge is -2.31. The summed E-state index contributed by atoms with van der Waals surface area (Å²) in [5.41, 5.74) is 3.32. The molecule has 19 heavy (non-hydrogen) atoms. The number of nitrogens with one attached hydrogen (secondary N) is 1. The van der Waals surface area contributed by atoms with E-state index in [2.05, 4.69) is 43.4 Å². The van der Waals surface area contributed by atoms with Crippen LogP contribution in [-0.2, 0) is 11.2 Å². The third-order valence-corrected chi connectivity index (χ3v) is 4.43. The van der Waals surface area contributed by atoms with E-state index >= 15 is 0 Å². The molecule has 2 rings (SSSR count). The summed E-state index contributed by atoms with van der Waals surface area (Å²) in [5.74, 6) is 0.891. The van der Waals surface area contributed by atoms with Gasteiger partial charge in [0.2, 0.25) is 0 Å². The molecular weight excluding hydrogens is 234 g/mol. The van der Waals surface area contributed by atoms with Gasteiger partial charge in [0.15, 0.2) is 0 Å². The minimum atomic E-state index is 0.389. The third-order valence-electron chi connectivity index (χ3n) is 4.43. The fourth-order valence-corrected chi connectivity index (χ4v) is 2.92. The summed E-state index contributed by atoms with van der Waals surface area (Å²) < 4.78 is 5.11. The molecule has 1 aliphatic rings. The van der Waals surface area contributed by atoms with Gasteiger partial charge in [-0.1, -0.05) is 31.2 Å². The fraction of sp³-hybridized carbons (Fsp3) is 0.647. The van der Waals surface area contributed by atoms with Gasteiger partial charge in [-0.05, 0) is 48.6 Å². The zero-order chi connectivity index (χ0) is 13.7. The summed E-state index contributed by atoms with van der Waals surface area (Å²) in [5, 5.41) is 3.56. The monoisotopic (exact) mass is 261 g/mol. The predicted octanol–water partition coefficient (Wildman–Crippen LogP) is 3.19. The first-order valence-electron chi connectivity index (χ1n) is 7.40. The molecule has 1 N–H and O–H groups in total. The summed E-state index contributed by atoms with van der Waals surface area (Å²) in [7, 11) is 1.76. The largest absolute Gasteiger partial charge is 0.383 e. The Kier molecular flexibility index (Phi) is 5.00. The first kappa shape index (κ1) is 14.5. The molecule has 1 saturated carbocycles. The molecule has 1 unspecified atom stereocenters. The van der Waals surface area contributed by atoms with E-state index in [0.29, 0.717) is 5.41 Å². The Balaban J connectivity index is 1.97. The lowest BCUT2D eigenvalue weighted by Crippen LogP contribution is -2.37. The highest BCUT2D eigenvalue weighted by Crippen LogP contribution is 2.47. The molecule has 1 fully saturated rings. The van der Waals surface area contributed by atoms with Crippen LogP contribution in [0, 0.1) is 18.3 Å². The van der Waals surface area contributed by atoms with E-state index < -0.39 is 0 Å². The van der Waals surface area contributed by atoms with Gasteiger partial charge in [0.25, 0.3) is 0 Å². The fourth-order valence-electron chi connectivity index (χ4n) is 2.92. The van der Waals surface area contributed by atoms with Gasteiger partial charge >= 0.3 is 0 Å². The second-order valence-electron chi connectivity index (χ2n) is 6.20. The minimum absolute atomic E-state index is 0.389. The van der Waals surface area contributed by atoms with Crippen LogP contribution in [0.2, 0.25) is 0 Å². The van der Waals surface area contributed by atoms with Gasteiger partial charge in [-0.15, -0.1) is 0 Å². The molecule has 0 aliphatic heterocycles. The Morgan fingerprint density at radius 3 is 2.68 bits per heavy atom. The van der Waals surface area contributed by atoms with Crippen molar-refractivity contribution < 1.29 is 4.74 Å². The number of rotatable bonds is 8. The quantitative estimate of drug-likeness (QED) is 0.726. The molecule has 0 heterocycles. The van der Waals surface area contributed by atoms with Crippen molar-refractivity contribution >= 4 is 0 Å². The van der Waals surface area contributed by atoms with Gasteiger partial charge in [0.05, 0.1) is 6.61 Å². The van der Waals surface area contributed by atoms with E-state index in [1.165, 1.54) is 30.4 Å². The number of hydrogen-bond acceptors (Lipinski definition) is 2. The van der Waals surface area contributed by atoms with Gasteiger partial charge in [0, 0.05) is 20.2 Å². The molecule has 1 atom stereocenters. The molecular formula is C17H27NO. The third kappa shape index (κ3) is 4.05. The minimum Gasteiger partial charge on any atom is -0.383 e. The van der Waals surface area contributed by atoms with Crippen LogP contribution in [0.4, 0.5) is 0 Å². The van der Waals surface area contributed by atoms with Crippen molar-refractivity contribution in [2.45, 2.75) is 33.1 Å². The Bertz CT molecular complexity index is 400. The molecule has 0 radical (unpaired) electrons. The van der Waals surface area contributed by atoms with Gasteiger partial charge < -0.3 is 10.1 Å².